The quantitative estimate of drug-likeness (QED) is 0.589. The fourth-order valence-corrected chi connectivity index (χ4v) is 1.54. The minimum Gasteiger partial charge on any atom is -0.380 e. The van der Waals surface area contributed by atoms with E-state index in [1.54, 1.807) is 0 Å². The van der Waals surface area contributed by atoms with Crippen molar-refractivity contribution in [3.05, 3.63) is 0 Å². The van der Waals surface area contributed by atoms with Crippen molar-refractivity contribution in [1.29, 1.82) is 0 Å². The molecule has 0 saturated carbocycles. The Morgan fingerprint density at radius 2 is 1.92 bits per heavy atom. The molecule has 13 heavy (non-hydrogen) atoms. The molecule has 0 radical (unpaired) electrons. The van der Waals surface area contributed by atoms with Gasteiger partial charge in [-0.15, -0.1) is 0 Å². The Labute approximate surface area is 83.1 Å². The number of rotatable bonds is 8. The van der Waals surface area contributed by atoms with Crippen LogP contribution in [0.2, 0.25) is 0 Å². The van der Waals surface area contributed by atoms with Crippen LogP contribution in [0, 0.1) is 5.92 Å². The topological polar surface area (TPSA) is 21.3 Å². The molecule has 1 N–H and O–H groups in total. The van der Waals surface area contributed by atoms with Crippen LogP contribution in [0.1, 0.15) is 40.0 Å². The number of hydrogen-bond acceptors (Lipinski definition) is 2. The highest BCUT2D eigenvalue weighted by Gasteiger charge is 2.13. The maximum absolute atomic E-state index is 5.54. The summed E-state index contributed by atoms with van der Waals surface area (Å²) in [6.07, 6.45) is 3.65. The molecule has 80 valence electrons. The molecular weight excluding hydrogens is 162 g/mol. The van der Waals surface area contributed by atoms with Crippen molar-refractivity contribution in [2.45, 2.75) is 46.1 Å². The molecule has 0 aliphatic rings. The molecule has 0 aliphatic heterocycles. The molecule has 0 saturated heterocycles. The van der Waals surface area contributed by atoms with Gasteiger partial charge in [-0.3, -0.25) is 0 Å². The predicted octanol–water partition coefficient (Wildman–Crippen LogP) is 2.44. The van der Waals surface area contributed by atoms with Crippen LogP contribution >= 0.6 is 0 Å². The average molecular weight is 187 g/mol. The molecular formula is C11H25NO. The van der Waals surface area contributed by atoms with Crippen LogP contribution in [0.15, 0.2) is 0 Å². The highest BCUT2D eigenvalue weighted by Crippen LogP contribution is 2.10. The highest BCUT2D eigenvalue weighted by atomic mass is 16.5. The fourth-order valence-electron chi connectivity index (χ4n) is 1.54. The Bertz CT molecular complexity index is 106. The molecule has 2 heteroatoms. The fraction of sp³-hybridized carbons (Fsp3) is 1.00. The van der Waals surface area contributed by atoms with E-state index in [1.807, 2.05) is 7.05 Å². The van der Waals surface area contributed by atoms with Gasteiger partial charge in [0, 0.05) is 12.6 Å². The first-order valence-electron chi connectivity index (χ1n) is 5.51. The van der Waals surface area contributed by atoms with Crippen LogP contribution in [0.3, 0.4) is 0 Å². The van der Waals surface area contributed by atoms with Crippen LogP contribution < -0.4 is 5.32 Å². The lowest BCUT2D eigenvalue weighted by Crippen LogP contribution is -2.36. The molecule has 0 rings (SSSR count). The minimum absolute atomic E-state index is 0.520. The van der Waals surface area contributed by atoms with Gasteiger partial charge in [-0.1, -0.05) is 27.2 Å². The summed E-state index contributed by atoms with van der Waals surface area (Å²) in [5.74, 6) is 0.715. The standard InChI is InChI=1S/C11H25NO/c1-5-7-10(3)11(12-4)9-13-8-6-2/h10-12H,5-9H2,1-4H3. The third-order valence-corrected chi connectivity index (χ3v) is 2.45. The van der Waals surface area contributed by atoms with Crippen LogP contribution in [-0.2, 0) is 4.74 Å². The van der Waals surface area contributed by atoms with E-state index in [4.69, 9.17) is 4.74 Å². The van der Waals surface area contributed by atoms with Gasteiger partial charge < -0.3 is 10.1 Å². The lowest BCUT2D eigenvalue weighted by Gasteiger charge is -2.22. The first-order chi connectivity index (χ1) is 6.26. The summed E-state index contributed by atoms with van der Waals surface area (Å²) < 4.78 is 5.54. The highest BCUT2D eigenvalue weighted by molar-refractivity contribution is 4.70. The van der Waals surface area contributed by atoms with E-state index in [0.717, 1.165) is 19.6 Å². The molecule has 0 aromatic carbocycles. The molecule has 0 spiro atoms. The summed E-state index contributed by atoms with van der Waals surface area (Å²) in [4.78, 5) is 0. The van der Waals surface area contributed by atoms with E-state index in [-0.39, 0.29) is 0 Å². The molecule has 0 aromatic rings. The van der Waals surface area contributed by atoms with Gasteiger partial charge in [-0.05, 0) is 25.8 Å². The normalized spacial score (nSPS) is 15.7. The molecule has 0 aromatic heterocycles. The van der Waals surface area contributed by atoms with Crippen molar-refractivity contribution in [3.63, 3.8) is 0 Å². The third-order valence-electron chi connectivity index (χ3n) is 2.45. The van der Waals surface area contributed by atoms with Gasteiger partial charge in [-0.25, -0.2) is 0 Å². The maximum atomic E-state index is 5.54. The second-order valence-electron chi connectivity index (χ2n) is 3.74. The SMILES string of the molecule is CCCOCC(NC)C(C)CCC. The molecule has 2 nitrogen and oxygen atoms in total. The molecule has 0 fully saturated rings. The third kappa shape index (κ3) is 6.05. The summed E-state index contributed by atoms with van der Waals surface area (Å²) in [6.45, 7) is 8.41. The average Bonchev–Trinajstić information content (AvgIpc) is 2.13. The van der Waals surface area contributed by atoms with Crippen LogP contribution in [-0.4, -0.2) is 26.3 Å². The second kappa shape index (κ2) is 8.52. The Balaban J connectivity index is 3.60. The lowest BCUT2D eigenvalue weighted by molar-refractivity contribution is 0.0969. The zero-order chi connectivity index (χ0) is 10.1. The predicted molar refractivity (Wildman–Crippen MR) is 58.0 cm³/mol. The molecule has 0 aliphatic carbocycles. The number of nitrogens with one attached hydrogen (secondary N) is 1. The van der Waals surface area contributed by atoms with Gasteiger partial charge in [0.05, 0.1) is 6.61 Å². The molecule has 2 atom stereocenters. The summed E-state index contributed by atoms with van der Waals surface area (Å²) in [6, 6.07) is 0.520. The first kappa shape index (κ1) is 12.9. The Kier molecular flexibility index (Phi) is 8.46. The number of hydrogen-bond donors (Lipinski definition) is 1. The van der Waals surface area contributed by atoms with E-state index >= 15 is 0 Å². The van der Waals surface area contributed by atoms with Gasteiger partial charge in [0.2, 0.25) is 0 Å². The van der Waals surface area contributed by atoms with Gasteiger partial charge in [0.15, 0.2) is 0 Å². The number of likely N-dealkylation sites (N-methyl/N-ethyl adjacent to an activating group) is 1. The lowest BCUT2D eigenvalue weighted by atomic mass is 9.98. The summed E-state index contributed by atoms with van der Waals surface area (Å²) in [7, 11) is 2.02. The Morgan fingerprint density at radius 3 is 2.38 bits per heavy atom. The van der Waals surface area contributed by atoms with Crippen molar-refractivity contribution in [2.24, 2.45) is 5.92 Å². The van der Waals surface area contributed by atoms with E-state index in [1.165, 1.54) is 12.8 Å². The zero-order valence-corrected chi connectivity index (χ0v) is 9.60. The Morgan fingerprint density at radius 1 is 1.23 bits per heavy atom. The zero-order valence-electron chi connectivity index (χ0n) is 9.60. The molecule has 0 amide bonds. The van der Waals surface area contributed by atoms with Crippen LogP contribution in [0.5, 0.6) is 0 Å². The second-order valence-corrected chi connectivity index (χ2v) is 3.74. The summed E-state index contributed by atoms with van der Waals surface area (Å²) in [5.41, 5.74) is 0. The van der Waals surface area contributed by atoms with Crippen molar-refractivity contribution >= 4 is 0 Å². The summed E-state index contributed by atoms with van der Waals surface area (Å²) >= 11 is 0. The monoisotopic (exact) mass is 187 g/mol. The number of ether oxygens (including phenoxy) is 1. The first-order valence-corrected chi connectivity index (χ1v) is 5.51. The van der Waals surface area contributed by atoms with E-state index in [0.29, 0.717) is 12.0 Å². The van der Waals surface area contributed by atoms with E-state index in [9.17, 15) is 0 Å². The molecule has 2 unspecified atom stereocenters. The Hall–Kier alpha value is -0.0800. The molecule has 0 heterocycles. The van der Waals surface area contributed by atoms with Crippen molar-refractivity contribution in [1.82, 2.24) is 5.32 Å². The smallest absolute Gasteiger partial charge is 0.0622 e. The van der Waals surface area contributed by atoms with Crippen molar-refractivity contribution < 1.29 is 4.74 Å². The summed E-state index contributed by atoms with van der Waals surface area (Å²) in [5, 5.41) is 3.32. The van der Waals surface area contributed by atoms with Gasteiger partial charge in [0.25, 0.3) is 0 Å². The van der Waals surface area contributed by atoms with Crippen LogP contribution in [0.4, 0.5) is 0 Å². The van der Waals surface area contributed by atoms with Gasteiger partial charge >= 0.3 is 0 Å². The maximum Gasteiger partial charge on any atom is 0.0622 e. The molecule has 0 bridgehead atoms. The van der Waals surface area contributed by atoms with Crippen molar-refractivity contribution in [2.75, 3.05) is 20.3 Å². The van der Waals surface area contributed by atoms with Gasteiger partial charge in [0.1, 0.15) is 0 Å². The van der Waals surface area contributed by atoms with E-state index < -0.39 is 0 Å². The van der Waals surface area contributed by atoms with Crippen molar-refractivity contribution in [3.8, 4) is 0 Å². The van der Waals surface area contributed by atoms with E-state index in [2.05, 4.69) is 26.1 Å². The largest absolute Gasteiger partial charge is 0.380 e. The van der Waals surface area contributed by atoms with Crippen LogP contribution in [0.25, 0.3) is 0 Å². The minimum atomic E-state index is 0.520. The van der Waals surface area contributed by atoms with Gasteiger partial charge in [-0.2, -0.15) is 0 Å².